The van der Waals surface area contributed by atoms with Crippen LogP contribution in [0.15, 0.2) is 24.3 Å². The number of quaternary nitrogens is 1. The van der Waals surface area contributed by atoms with Crippen LogP contribution in [0.3, 0.4) is 0 Å². The third-order valence-corrected chi connectivity index (χ3v) is 2.96. The van der Waals surface area contributed by atoms with Crippen molar-refractivity contribution >= 4 is 0 Å². The SMILES string of the molecule is CCOc1ccc(O[N+](CCO)(CCO)CCO)cc1.[O]=[Ti]([OH])[OH]. The van der Waals surface area contributed by atoms with E-state index >= 15 is 0 Å². The summed E-state index contributed by atoms with van der Waals surface area (Å²) in [6, 6.07) is 7.13. The van der Waals surface area contributed by atoms with Crippen molar-refractivity contribution < 1.29 is 58.9 Å². The molecule has 0 fully saturated rings. The fourth-order valence-corrected chi connectivity index (χ4v) is 2.01. The molecule has 0 amide bonds. The van der Waals surface area contributed by atoms with Crippen LogP contribution in [0.1, 0.15) is 6.92 Å². The Hall–Kier alpha value is -0.906. The van der Waals surface area contributed by atoms with E-state index in [1.54, 1.807) is 24.3 Å². The van der Waals surface area contributed by atoms with E-state index in [-0.39, 0.29) is 24.5 Å². The summed E-state index contributed by atoms with van der Waals surface area (Å²) in [5.74, 6) is 1.35. The molecule has 0 saturated heterocycles. The first-order chi connectivity index (χ1) is 11.4. The van der Waals surface area contributed by atoms with Gasteiger partial charge >= 0.3 is 29.3 Å². The van der Waals surface area contributed by atoms with Crippen molar-refractivity contribution in [3.8, 4) is 11.5 Å². The minimum atomic E-state index is -3.58. The van der Waals surface area contributed by atoms with Crippen molar-refractivity contribution in [2.45, 2.75) is 6.92 Å². The molecule has 0 radical (unpaired) electrons. The summed E-state index contributed by atoms with van der Waals surface area (Å²) in [4.78, 5) is 5.86. The number of benzene rings is 1. The molecule has 1 aromatic carbocycles. The zero-order valence-electron chi connectivity index (χ0n) is 13.7. The van der Waals surface area contributed by atoms with Crippen LogP contribution in [0.25, 0.3) is 0 Å². The number of hydroxylamine groups is 3. The maximum absolute atomic E-state index is 9.17. The average Bonchev–Trinajstić information content (AvgIpc) is 2.50. The van der Waals surface area contributed by atoms with Crippen molar-refractivity contribution in [3.63, 3.8) is 0 Å². The number of ether oxygens (including phenoxy) is 1. The molecule has 9 nitrogen and oxygen atoms in total. The summed E-state index contributed by atoms with van der Waals surface area (Å²) in [5.41, 5.74) is 0. The molecule has 138 valence electrons. The molecule has 1 rings (SSSR count). The first-order valence-corrected chi connectivity index (χ1v) is 9.49. The molecule has 1 aromatic rings. The Kier molecular flexibility index (Phi) is 12.9. The summed E-state index contributed by atoms with van der Waals surface area (Å²) in [5, 5.41) is 27.5. The molecular weight excluding hydrogens is 358 g/mol. The van der Waals surface area contributed by atoms with Gasteiger partial charge in [-0.15, -0.1) is 4.65 Å². The van der Waals surface area contributed by atoms with Gasteiger partial charge in [-0.1, -0.05) is 0 Å². The molecule has 0 aliphatic heterocycles. The van der Waals surface area contributed by atoms with Gasteiger partial charge in [0.1, 0.15) is 25.4 Å². The molecule has 0 aliphatic rings. The van der Waals surface area contributed by atoms with Crippen molar-refractivity contribution in [2.24, 2.45) is 0 Å². The van der Waals surface area contributed by atoms with Gasteiger partial charge in [-0.3, -0.25) is 0 Å². The topological polar surface area (TPSA) is 137 Å². The van der Waals surface area contributed by atoms with Gasteiger partial charge in [0, 0.05) is 0 Å². The second-order valence-corrected chi connectivity index (χ2v) is 5.56. The Balaban J connectivity index is 0.00000118. The Labute approximate surface area is 148 Å². The molecule has 0 atom stereocenters. The van der Waals surface area contributed by atoms with Crippen molar-refractivity contribution in [2.75, 3.05) is 46.1 Å². The summed E-state index contributed by atoms with van der Waals surface area (Å²) in [6.45, 7) is 3.15. The molecule has 0 spiro atoms. The van der Waals surface area contributed by atoms with Gasteiger partial charge in [-0.05, 0) is 31.2 Å². The number of aliphatic hydroxyl groups excluding tert-OH is 3. The van der Waals surface area contributed by atoms with Gasteiger partial charge in [-0.2, -0.15) is 0 Å². The van der Waals surface area contributed by atoms with Crippen LogP contribution in [0, 0.1) is 0 Å². The van der Waals surface area contributed by atoms with E-state index < -0.39 is 18.6 Å². The van der Waals surface area contributed by atoms with Crippen molar-refractivity contribution in [1.82, 2.24) is 0 Å². The monoisotopic (exact) mass is 384 g/mol. The van der Waals surface area contributed by atoms with Crippen LogP contribution in [0.4, 0.5) is 0 Å². The van der Waals surface area contributed by atoms with Gasteiger partial charge in [0.05, 0.1) is 26.4 Å². The van der Waals surface area contributed by atoms with Crippen LogP contribution >= 0.6 is 0 Å². The number of hydrogen-bond acceptors (Lipinski definition) is 6. The van der Waals surface area contributed by atoms with E-state index in [0.29, 0.717) is 32.0 Å². The molecule has 0 unspecified atom stereocenters. The molecule has 0 bridgehead atoms. The maximum atomic E-state index is 9.17. The van der Waals surface area contributed by atoms with Gasteiger partial charge in [0.2, 0.25) is 0 Å². The van der Waals surface area contributed by atoms with E-state index in [1.165, 1.54) is 0 Å². The molecule has 24 heavy (non-hydrogen) atoms. The molecule has 0 heterocycles. The Bertz CT molecular complexity index is 436. The fourth-order valence-electron chi connectivity index (χ4n) is 2.01. The van der Waals surface area contributed by atoms with Gasteiger partial charge in [-0.25, -0.2) is 0 Å². The van der Waals surface area contributed by atoms with Gasteiger partial charge < -0.3 is 24.9 Å². The van der Waals surface area contributed by atoms with E-state index in [2.05, 4.69) is 0 Å². The van der Waals surface area contributed by atoms with Crippen LogP contribution in [-0.4, -0.2) is 73.4 Å². The van der Waals surface area contributed by atoms with Gasteiger partial charge in [0.15, 0.2) is 5.75 Å². The summed E-state index contributed by atoms with van der Waals surface area (Å²) in [6.07, 6.45) is 0. The Morgan fingerprint density at radius 3 is 1.62 bits per heavy atom. The van der Waals surface area contributed by atoms with E-state index in [4.69, 9.17) is 35.6 Å². The van der Waals surface area contributed by atoms with Crippen LogP contribution in [-0.2, 0) is 21.9 Å². The fraction of sp³-hybridized carbons (Fsp3) is 0.571. The van der Waals surface area contributed by atoms with Crippen molar-refractivity contribution in [3.05, 3.63) is 24.3 Å². The second-order valence-electron chi connectivity index (χ2n) is 4.68. The zero-order valence-corrected chi connectivity index (χ0v) is 15.2. The Morgan fingerprint density at radius 1 is 0.917 bits per heavy atom. The normalized spacial score (nSPS) is 10.6. The van der Waals surface area contributed by atoms with E-state index in [1.807, 2.05) is 6.92 Å². The molecular formula is C14H26NO8Ti+. The molecule has 0 aromatic heterocycles. The predicted octanol–water partition coefficient (Wildman–Crippen LogP) is -1.06. The predicted molar refractivity (Wildman–Crippen MR) is 79.5 cm³/mol. The second kappa shape index (κ2) is 13.4. The van der Waals surface area contributed by atoms with E-state index in [0.717, 1.165) is 5.75 Å². The summed E-state index contributed by atoms with van der Waals surface area (Å²) in [7, 11) is 0. The van der Waals surface area contributed by atoms with Crippen LogP contribution in [0.2, 0.25) is 0 Å². The Morgan fingerprint density at radius 2 is 1.29 bits per heavy atom. The number of nitrogens with zero attached hydrogens (tertiary/aromatic N) is 1. The quantitative estimate of drug-likeness (QED) is 0.196. The van der Waals surface area contributed by atoms with Crippen molar-refractivity contribution in [1.29, 1.82) is 0 Å². The number of hydrogen-bond donors (Lipinski definition) is 5. The molecule has 10 heteroatoms. The first kappa shape index (κ1) is 23.1. The minimum absolute atomic E-state index is 0.0164. The molecule has 5 N–H and O–H groups in total. The summed E-state index contributed by atoms with van der Waals surface area (Å²) < 4.78 is 28.6. The average molecular weight is 384 g/mol. The molecule has 0 aliphatic carbocycles. The van der Waals surface area contributed by atoms with E-state index in [9.17, 15) is 0 Å². The summed E-state index contributed by atoms with van der Waals surface area (Å²) >= 11 is -3.58. The number of rotatable bonds is 10. The van der Waals surface area contributed by atoms with Gasteiger partial charge in [0.25, 0.3) is 0 Å². The zero-order chi connectivity index (χ0) is 18.4. The molecule has 0 saturated carbocycles. The first-order valence-electron chi connectivity index (χ1n) is 7.46. The van der Waals surface area contributed by atoms with Crippen LogP contribution in [0.5, 0.6) is 11.5 Å². The standard InChI is InChI=1S/C14H24NO5.2H2O.O.Ti/c1-2-19-13-3-5-14(6-4-13)20-15(7-10-16,8-11-17)9-12-18;;;;/h3-6,16-18H,2,7-12H2,1H3;2*1H2;;/q+1;;;;+2/p-2. The third kappa shape index (κ3) is 10.1. The van der Waals surface area contributed by atoms with Crippen LogP contribution < -0.4 is 9.57 Å². The third-order valence-electron chi connectivity index (χ3n) is 2.96. The number of aliphatic hydroxyl groups is 3.